The smallest absolute Gasteiger partial charge is 0.0984 e. The summed E-state index contributed by atoms with van der Waals surface area (Å²) >= 11 is 7.21. The predicted octanol–water partition coefficient (Wildman–Crippen LogP) is 5.46. The van der Waals surface area contributed by atoms with E-state index in [2.05, 4.69) is 44.0 Å². The van der Waals surface area contributed by atoms with Crippen molar-refractivity contribution in [2.45, 2.75) is 0 Å². The van der Waals surface area contributed by atoms with Gasteiger partial charge < -0.3 is 0 Å². The van der Waals surface area contributed by atoms with Crippen molar-refractivity contribution in [1.29, 1.82) is 0 Å². The Morgan fingerprint density at radius 3 is 2.20 bits per heavy atom. The monoisotopic (exact) mass is 386 g/mol. The largest absolute Gasteiger partial charge is 0.244 e. The van der Waals surface area contributed by atoms with Gasteiger partial charge in [0.05, 0.1) is 22.1 Å². The third-order valence-corrected chi connectivity index (χ3v) is 5.40. The second-order valence-electron chi connectivity index (χ2n) is 4.61. The van der Waals surface area contributed by atoms with Crippen LogP contribution in [0, 0.1) is 0 Å². The van der Waals surface area contributed by atoms with E-state index >= 15 is 0 Å². The number of nitrogens with zero attached hydrogens (tertiary/aromatic N) is 2. The third-order valence-electron chi connectivity index (χ3n) is 3.38. The van der Waals surface area contributed by atoms with E-state index in [9.17, 15) is 0 Å². The number of para-hydroxylation sites is 2. The number of hydrogen-bond acceptors (Lipinski definition) is 2. The molecule has 0 radical (unpaired) electrons. The van der Waals surface area contributed by atoms with Crippen molar-refractivity contribution in [3.63, 3.8) is 0 Å². The topological polar surface area (TPSA) is 25.8 Å². The highest BCUT2D eigenvalue weighted by molar-refractivity contribution is 9.13. The van der Waals surface area contributed by atoms with Crippen LogP contribution < -0.4 is 0 Å². The molecule has 2 nitrogen and oxygen atoms in total. The van der Waals surface area contributed by atoms with E-state index in [1.807, 2.05) is 36.4 Å². The predicted molar refractivity (Wildman–Crippen MR) is 90.0 cm³/mol. The fraction of sp³-hybridized carbons (Fsp3) is 0. The lowest BCUT2D eigenvalue weighted by molar-refractivity contribution is 1.40. The van der Waals surface area contributed by atoms with E-state index < -0.39 is 0 Å². The molecule has 96 valence electrons. The van der Waals surface area contributed by atoms with Crippen LogP contribution in [0.3, 0.4) is 0 Å². The summed E-state index contributed by atoms with van der Waals surface area (Å²) in [4.78, 5) is 9.49. The maximum absolute atomic E-state index is 4.79. The molecule has 20 heavy (non-hydrogen) atoms. The molecular formula is C16H8Br2N2. The highest BCUT2D eigenvalue weighted by atomic mass is 79.9. The first-order chi connectivity index (χ1) is 9.74. The summed E-state index contributed by atoms with van der Waals surface area (Å²) in [7, 11) is 0. The van der Waals surface area contributed by atoms with Crippen molar-refractivity contribution < 1.29 is 0 Å². The van der Waals surface area contributed by atoms with Crippen LogP contribution in [0.25, 0.3) is 32.8 Å². The van der Waals surface area contributed by atoms with Crippen LogP contribution >= 0.6 is 31.9 Å². The summed E-state index contributed by atoms with van der Waals surface area (Å²) in [6, 6.07) is 16.2. The van der Waals surface area contributed by atoms with Crippen molar-refractivity contribution in [2.24, 2.45) is 0 Å². The molecule has 0 N–H and O–H groups in total. The molecule has 1 aromatic heterocycles. The van der Waals surface area contributed by atoms with E-state index in [1.54, 1.807) is 0 Å². The van der Waals surface area contributed by atoms with Gasteiger partial charge in [-0.05, 0) is 61.5 Å². The van der Waals surface area contributed by atoms with Gasteiger partial charge in [0.1, 0.15) is 0 Å². The molecular weight excluding hydrogens is 380 g/mol. The highest BCUT2D eigenvalue weighted by Crippen LogP contribution is 2.35. The van der Waals surface area contributed by atoms with Gasteiger partial charge in [-0.1, -0.05) is 24.3 Å². The van der Waals surface area contributed by atoms with Gasteiger partial charge in [0, 0.05) is 14.3 Å². The first-order valence-corrected chi connectivity index (χ1v) is 7.76. The third kappa shape index (κ3) is 1.75. The molecule has 4 rings (SSSR count). The minimum absolute atomic E-state index is 0.912. The van der Waals surface area contributed by atoms with Crippen LogP contribution in [0.2, 0.25) is 0 Å². The summed E-state index contributed by atoms with van der Waals surface area (Å²) in [6.45, 7) is 0. The molecule has 4 aromatic rings. The number of fused-ring (bicyclic) bond motifs is 4. The van der Waals surface area contributed by atoms with Crippen LogP contribution in [0.1, 0.15) is 0 Å². The molecule has 4 heteroatoms. The number of hydrogen-bond donors (Lipinski definition) is 0. The second-order valence-corrected chi connectivity index (χ2v) is 6.25. The molecule has 3 aromatic carbocycles. The average Bonchev–Trinajstić information content (AvgIpc) is 2.48. The Bertz CT molecular complexity index is 980. The number of halogens is 2. The summed E-state index contributed by atoms with van der Waals surface area (Å²) in [5, 5.41) is 2.24. The number of rotatable bonds is 0. The van der Waals surface area contributed by atoms with E-state index in [1.165, 1.54) is 0 Å². The van der Waals surface area contributed by atoms with Crippen LogP contribution in [-0.4, -0.2) is 9.97 Å². The Labute approximate surface area is 132 Å². The molecule has 0 bridgehead atoms. The van der Waals surface area contributed by atoms with Gasteiger partial charge in [0.15, 0.2) is 0 Å². The molecule has 0 spiro atoms. The van der Waals surface area contributed by atoms with Crippen LogP contribution in [0.4, 0.5) is 0 Å². The first-order valence-electron chi connectivity index (χ1n) is 6.17. The van der Waals surface area contributed by atoms with E-state index in [-0.39, 0.29) is 0 Å². The minimum Gasteiger partial charge on any atom is -0.244 e. The van der Waals surface area contributed by atoms with Crippen molar-refractivity contribution in [1.82, 2.24) is 9.97 Å². The SMILES string of the molecule is Brc1ccc2ccc3nc4ccccc4nc3c2c1Br. The zero-order chi connectivity index (χ0) is 13.7. The minimum atomic E-state index is 0.912. The van der Waals surface area contributed by atoms with Crippen molar-refractivity contribution in [3.8, 4) is 0 Å². The van der Waals surface area contributed by atoms with Crippen LogP contribution in [0.15, 0.2) is 57.5 Å². The zero-order valence-corrected chi connectivity index (χ0v) is 13.4. The van der Waals surface area contributed by atoms with Crippen LogP contribution in [-0.2, 0) is 0 Å². The molecule has 0 aliphatic carbocycles. The van der Waals surface area contributed by atoms with Gasteiger partial charge in [0.2, 0.25) is 0 Å². The lowest BCUT2D eigenvalue weighted by Gasteiger charge is -2.07. The Balaban J connectivity index is 2.28. The second kappa shape index (κ2) is 4.50. The van der Waals surface area contributed by atoms with E-state index in [0.717, 1.165) is 41.8 Å². The number of benzene rings is 3. The quantitative estimate of drug-likeness (QED) is 0.295. The zero-order valence-electron chi connectivity index (χ0n) is 10.3. The molecule has 0 aliphatic rings. The van der Waals surface area contributed by atoms with Gasteiger partial charge in [-0.25, -0.2) is 9.97 Å². The van der Waals surface area contributed by atoms with Crippen LogP contribution in [0.5, 0.6) is 0 Å². The molecule has 0 atom stereocenters. The lowest BCUT2D eigenvalue weighted by atomic mass is 10.1. The first kappa shape index (κ1) is 12.2. The van der Waals surface area contributed by atoms with E-state index in [0.29, 0.717) is 0 Å². The summed E-state index contributed by atoms with van der Waals surface area (Å²) in [5.41, 5.74) is 3.68. The summed E-state index contributed by atoms with van der Waals surface area (Å²) in [6.07, 6.45) is 0. The fourth-order valence-corrected chi connectivity index (χ4v) is 3.31. The number of aromatic nitrogens is 2. The van der Waals surface area contributed by atoms with Gasteiger partial charge in [-0.3, -0.25) is 0 Å². The Hall–Kier alpha value is -1.52. The van der Waals surface area contributed by atoms with Gasteiger partial charge in [-0.2, -0.15) is 0 Å². The van der Waals surface area contributed by atoms with Crippen molar-refractivity contribution >= 4 is 64.7 Å². The van der Waals surface area contributed by atoms with Gasteiger partial charge in [0.25, 0.3) is 0 Å². The Morgan fingerprint density at radius 1 is 0.700 bits per heavy atom. The molecule has 0 saturated heterocycles. The highest BCUT2D eigenvalue weighted by Gasteiger charge is 2.10. The standard InChI is InChI=1S/C16H8Br2N2/c17-10-7-5-9-6-8-13-16(14(9)15(10)18)20-12-4-2-1-3-11(12)19-13/h1-8H. The van der Waals surface area contributed by atoms with Gasteiger partial charge >= 0.3 is 0 Å². The summed E-state index contributed by atoms with van der Waals surface area (Å²) < 4.78 is 2.04. The molecule has 1 heterocycles. The molecule has 0 aliphatic heterocycles. The average molecular weight is 388 g/mol. The molecule has 0 saturated carbocycles. The Kier molecular flexibility index (Phi) is 2.75. The normalized spacial score (nSPS) is 11.5. The molecule has 0 unspecified atom stereocenters. The maximum Gasteiger partial charge on any atom is 0.0984 e. The maximum atomic E-state index is 4.79. The fourth-order valence-electron chi connectivity index (χ4n) is 2.43. The molecule has 0 amide bonds. The van der Waals surface area contributed by atoms with E-state index in [4.69, 9.17) is 9.97 Å². The van der Waals surface area contributed by atoms with Crippen molar-refractivity contribution in [3.05, 3.63) is 57.5 Å². The summed E-state index contributed by atoms with van der Waals surface area (Å²) in [5.74, 6) is 0. The Morgan fingerprint density at radius 2 is 1.40 bits per heavy atom. The lowest BCUT2D eigenvalue weighted by Crippen LogP contribution is -1.89. The van der Waals surface area contributed by atoms with Crippen molar-refractivity contribution in [2.75, 3.05) is 0 Å². The van der Waals surface area contributed by atoms with Gasteiger partial charge in [-0.15, -0.1) is 0 Å². The molecule has 0 fully saturated rings.